The number of carbonyl (C=O) groups excluding carboxylic acids is 1. The Morgan fingerprint density at radius 1 is 1.29 bits per heavy atom. The van der Waals surface area contributed by atoms with Crippen LogP contribution in [0.3, 0.4) is 0 Å². The lowest BCUT2D eigenvalue weighted by molar-refractivity contribution is 0.0684. The number of benzene rings is 1. The van der Waals surface area contributed by atoms with E-state index in [0.29, 0.717) is 6.54 Å². The van der Waals surface area contributed by atoms with Gasteiger partial charge in [0, 0.05) is 25.6 Å². The van der Waals surface area contributed by atoms with Crippen molar-refractivity contribution in [3.8, 4) is 0 Å². The average molecular weight is 326 g/mol. The molecule has 6 heteroatoms. The predicted octanol–water partition coefficient (Wildman–Crippen LogP) is 2.29. The fourth-order valence-electron chi connectivity index (χ4n) is 3.86. The SMILES string of the molecule is CO[C@@H]1C[C@@H](c2ncn[nH]2)N(C(=O)c2ccc3c(c2)CCCC3)C1. The monoisotopic (exact) mass is 326 g/mol. The van der Waals surface area contributed by atoms with Crippen molar-refractivity contribution < 1.29 is 9.53 Å². The van der Waals surface area contributed by atoms with E-state index in [1.807, 2.05) is 11.0 Å². The Kier molecular flexibility index (Phi) is 4.06. The fraction of sp³-hybridized carbons (Fsp3) is 0.500. The number of aromatic nitrogens is 3. The van der Waals surface area contributed by atoms with E-state index in [9.17, 15) is 4.79 Å². The van der Waals surface area contributed by atoms with Gasteiger partial charge in [0.1, 0.15) is 12.2 Å². The minimum Gasteiger partial charge on any atom is -0.380 e. The number of nitrogens with one attached hydrogen (secondary N) is 1. The number of H-pyrrole nitrogens is 1. The number of ether oxygens (including phenoxy) is 1. The van der Waals surface area contributed by atoms with Gasteiger partial charge in [-0.05, 0) is 48.9 Å². The molecule has 0 spiro atoms. The molecule has 2 aliphatic rings. The minimum atomic E-state index is -0.110. The van der Waals surface area contributed by atoms with Crippen molar-refractivity contribution in [2.24, 2.45) is 0 Å². The Balaban J connectivity index is 1.62. The molecule has 2 heterocycles. The third-order valence-corrected chi connectivity index (χ3v) is 5.20. The quantitative estimate of drug-likeness (QED) is 0.939. The van der Waals surface area contributed by atoms with E-state index in [0.717, 1.165) is 30.7 Å². The molecule has 0 bridgehead atoms. The molecule has 1 aromatic carbocycles. The van der Waals surface area contributed by atoms with Gasteiger partial charge >= 0.3 is 0 Å². The Morgan fingerprint density at radius 2 is 2.12 bits per heavy atom. The highest BCUT2D eigenvalue weighted by Crippen LogP contribution is 2.33. The molecule has 0 radical (unpaired) electrons. The second kappa shape index (κ2) is 6.36. The first-order chi connectivity index (χ1) is 11.8. The summed E-state index contributed by atoms with van der Waals surface area (Å²) in [5, 5.41) is 6.83. The van der Waals surface area contributed by atoms with Gasteiger partial charge in [0.25, 0.3) is 5.91 Å². The number of carbonyl (C=O) groups is 1. The number of hydrogen-bond acceptors (Lipinski definition) is 4. The number of methoxy groups -OCH3 is 1. The molecule has 2 atom stereocenters. The van der Waals surface area contributed by atoms with E-state index >= 15 is 0 Å². The molecule has 0 unspecified atom stereocenters. The van der Waals surface area contributed by atoms with Crippen LogP contribution in [0.2, 0.25) is 0 Å². The highest BCUT2D eigenvalue weighted by Gasteiger charge is 2.38. The molecule has 1 amide bonds. The van der Waals surface area contributed by atoms with Crippen LogP contribution in [0.4, 0.5) is 0 Å². The molecule has 4 rings (SSSR count). The zero-order valence-corrected chi connectivity index (χ0v) is 13.9. The number of aryl methyl sites for hydroxylation is 2. The van der Waals surface area contributed by atoms with Gasteiger partial charge in [0.15, 0.2) is 0 Å². The lowest BCUT2D eigenvalue weighted by Crippen LogP contribution is -2.32. The molecule has 126 valence electrons. The molecule has 1 aromatic heterocycles. The summed E-state index contributed by atoms with van der Waals surface area (Å²) in [6.45, 7) is 0.581. The topological polar surface area (TPSA) is 71.1 Å². The lowest BCUT2D eigenvalue weighted by Gasteiger charge is -2.24. The van der Waals surface area contributed by atoms with Crippen molar-refractivity contribution in [2.45, 2.75) is 44.2 Å². The maximum absolute atomic E-state index is 13.1. The van der Waals surface area contributed by atoms with Gasteiger partial charge < -0.3 is 9.64 Å². The predicted molar refractivity (Wildman–Crippen MR) is 88.7 cm³/mol. The van der Waals surface area contributed by atoms with Gasteiger partial charge in [-0.1, -0.05) is 6.07 Å². The molecule has 24 heavy (non-hydrogen) atoms. The van der Waals surface area contributed by atoms with E-state index in [1.165, 1.54) is 30.3 Å². The van der Waals surface area contributed by atoms with Crippen LogP contribution in [0.15, 0.2) is 24.5 Å². The maximum atomic E-state index is 13.1. The standard InChI is InChI=1S/C18H22N4O2/c1-24-15-9-16(17-19-11-20-21-17)22(10-15)18(23)14-7-6-12-4-2-3-5-13(12)8-14/h6-8,11,15-16H,2-5,9-10H2,1H3,(H,19,20,21)/t15-,16+/m1/s1. The first kappa shape index (κ1) is 15.3. The van der Waals surface area contributed by atoms with Crippen LogP contribution >= 0.6 is 0 Å². The molecule has 1 aliphatic heterocycles. The van der Waals surface area contributed by atoms with Gasteiger partial charge in [-0.2, -0.15) is 5.10 Å². The first-order valence-corrected chi connectivity index (χ1v) is 8.57. The van der Waals surface area contributed by atoms with Crippen molar-refractivity contribution >= 4 is 5.91 Å². The van der Waals surface area contributed by atoms with E-state index in [2.05, 4.69) is 27.3 Å². The van der Waals surface area contributed by atoms with Crippen LogP contribution in [-0.2, 0) is 17.6 Å². The Morgan fingerprint density at radius 3 is 2.88 bits per heavy atom. The van der Waals surface area contributed by atoms with Crippen molar-refractivity contribution in [2.75, 3.05) is 13.7 Å². The Bertz CT molecular complexity index is 729. The van der Waals surface area contributed by atoms with Crippen molar-refractivity contribution in [1.82, 2.24) is 20.1 Å². The largest absolute Gasteiger partial charge is 0.380 e. The molecule has 6 nitrogen and oxygen atoms in total. The van der Waals surface area contributed by atoms with Gasteiger partial charge in [-0.15, -0.1) is 0 Å². The summed E-state index contributed by atoms with van der Waals surface area (Å²) < 4.78 is 5.49. The second-order valence-corrected chi connectivity index (χ2v) is 6.63. The average Bonchev–Trinajstić information content (AvgIpc) is 3.29. The van der Waals surface area contributed by atoms with Crippen molar-refractivity contribution in [3.63, 3.8) is 0 Å². The first-order valence-electron chi connectivity index (χ1n) is 8.57. The lowest BCUT2D eigenvalue weighted by atomic mass is 9.90. The van der Waals surface area contributed by atoms with Crippen LogP contribution in [0, 0.1) is 0 Å². The second-order valence-electron chi connectivity index (χ2n) is 6.63. The Hall–Kier alpha value is -2.21. The van der Waals surface area contributed by atoms with E-state index in [-0.39, 0.29) is 18.1 Å². The molecule has 2 aromatic rings. The fourth-order valence-corrected chi connectivity index (χ4v) is 3.86. The number of nitrogens with zero attached hydrogens (tertiary/aromatic N) is 3. The van der Waals surface area contributed by atoms with Gasteiger partial charge in [-0.25, -0.2) is 4.98 Å². The number of likely N-dealkylation sites (tertiary alicyclic amines) is 1. The summed E-state index contributed by atoms with van der Waals surface area (Å²) in [7, 11) is 1.69. The summed E-state index contributed by atoms with van der Waals surface area (Å²) in [5.74, 6) is 0.769. The molecule has 1 fully saturated rings. The van der Waals surface area contributed by atoms with Crippen LogP contribution < -0.4 is 0 Å². The minimum absolute atomic E-state index is 0.0293. The van der Waals surface area contributed by atoms with Gasteiger partial charge in [0.05, 0.1) is 12.1 Å². The highest BCUT2D eigenvalue weighted by molar-refractivity contribution is 5.95. The third-order valence-electron chi connectivity index (χ3n) is 5.20. The summed E-state index contributed by atoms with van der Waals surface area (Å²) in [4.78, 5) is 19.2. The van der Waals surface area contributed by atoms with Crippen molar-refractivity contribution in [3.05, 3.63) is 47.0 Å². The summed E-state index contributed by atoms with van der Waals surface area (Å²) in [5.41, 5.74) is 3.48. The Labute approximate surface area is 141 Å². The molecule has 1 N–H and O–H groups in total. The summed E-state index contributed by atoms with van der Waals surface area (Å²) in [6, 6.07) is 6.05. The van der Waals surface area contributed by atoms with E-state index in [4.69, 9.17) is 4.74 Å². The van der Waals surface area contributed by atoms with Crippen LogP contribution in [-0.4, -0.2) is 45.7 Å². The van der Waals surface area contributed by atoms with E-state index in [1.54, 1.807) is 7.11 Å². The zero-order valence-electron chi connectivity index (χ0n) is 13.9. The third kappa shape index (κ3) is 2.71. The molecular formula is C18H22N4O2. The van der Waals surface area contributed by atoms with Gasteiger partial charge in [-0.3, -0.25) is 9.89 Å². The number of rotatable bonds is 3. The molecule has 1 aliphatic carbocycles. The maximum Gasteiger partial charge on any atom is 0.254 e. The summed E-state index contributed by atoms with van der Waals surface area (Å²) in [6.07, 6.45) is 6.90. The summed E-state index contributed by atoms with van der Waals surface area (Å²) >= 11 is 0. The number of amides is 1. The van der Waals surface area contributed by atoms with E-state index < -0.39 is 0 Å². The smallest absolute Gasteiger partial charge is 0.254 e. The van der Waals surface area contributed by atoms with Crippen LogP contribution in [0.1, 0.15) is 52.6 Å². The van der Waals surface area contributed by atoms with Gasteiger partial charge in [0.2, 0.25) is 0 Å². The van der Waals surface area contributed by atoms with Crippen molar-refractivity contribution in [1.29, 1.82) is 0 Å². The molecule has 1 saturated heterocycles. The van der Waals surface area contributed by atoms with Crippen LogP contribution in [0.25, 0.3) is 0 Å². The number of aromatic amines is 1. The molecule has 0 saturated carbocycles. The molecular weight excluding hydrogens is 304 g/mol. The number of hydrogen-bond donors (Lipinski definition) is 1. The number of fused-ring (bicyclic) bond motifs is 1. The normalized spacial score (nSPS) is 23.3. The van der Waals surface area contributed by atoms with Crippen LogP contribution in [0.5, 0.6) is 0 Å². The highest BCUT2D eigenvalue weighted by atomic mass is 16.5. The zero-order chi connectivity index (χ0) is 16.5.